The average Bonchev–Trinajstić information content (AvgIpc) is 2.68. The molecule has 2 rings (SSSR count). The van der Waals surface area contributed by atoms with Crippen LogP contribution in [0.1, 0.15) is 5.82 Å². The van der Waals surface area contributed by atoms with E-state index in [9.17, 15) is 4.79 Å². The van der Waals surface area contributed by atoms with Gasteiger partial charge in [-0.3, -0.25) is 4.79 Å². The Labute approximate surface area is 118 Å². The number of halogens is 2. The Morgan fingerprint density at radius 2 is 2.33 bits per heavy atom. The lowest BCUT2D eigenvalue weighted by Gasteiger charge is -2.06. The fourth-order valence-corrected chi connectivity index (χ4v) is 2.31. The van der Waals surface area contributed by atoms with Crippen molar-refractivity contribution in [2.24, 2.45) is 0 Å². The van der Waals surface area contributed by atoms with Crippen LogP contribution >= 0.6 is 27.5 Å². The van der Waals surface area contributed by atoms with Gasteiger partial charge in [-0.05, 0) is 18.2 Å². The molecule has 1 aromatic heterocycles. The number of aromatic nitrogens is 2. The van der Waals surface area contributed by atoms with Gasteiger partial charge >= 0.3 is 5.97 Å². The maximum atomic E-state index is 11.4. The molecule has 2 aromatic rings. The second-order valence-corrected chi connectivity index (χ2v) is 5.06. The predicted octanol–water partition coefficient (Wildman–Crippen LogP) is 2.75. The van der Waals surface area contributed by atoms with E-state index in [0.717, 1.165) is 21.3 Å². The highest BCUT2D eigenvalue weighted by Gasteiger charge is 2.13. The third-order valence-electron chi connectivity index (χ3n) is 2.62. The zero-order valence-electron chi connectivity index (χ0n) is 9.82. The number of rotatable bonds is 4. The number of ether oxygens (including phenoxy) is 1. The van der Waals surface area contributed by atoms with Crippen LogP contribution in [-0.2, 0) is 22.5 Å². The number of esters is 1. The van der Waals surface area contributed by atoms with Gasteiger partial charge < -0.3 is 9.30 Å². The molecule has 0 atom stereocenters. The first-order valence-electron chi connectivity index (χ1n) is 5.43. The van der Waals surface area contributed by atoms with Crippen LogP contribution in [0.4, 0.5) is 0 Å². The van der Waals surface area contributed by atoms with Crippen LogP contribution in [0.2, 0.25) is 0 Å². The van der Waals surface area contributed by atoms with E-state index in [2.05, 4.69) is 20.9 Å². The van der Waals surface area contributed by atoms with Crippen LogP contribution in [0.15, 0.2) is 22.7 Å². The zero-order chi connectivity index (χ0) is 13.1. The number of nitrogens with zero attached hydrogens (tertiary/aromatic N) is 2. The van der Waals surface area contributed by atoms with Crippen LogP contribution in [0, 0.1) is 0 Å². The fraction of sp³-hybridized carbons (Fsp3) is 0.333. The first kappa shape index (κ1) is 13.4. The van der Waals surface area contributed by atoms with E-state index in [-0.39, 0.29) is 12.5 Å². The first-order valence-corrected chi connectivity index (χ1v) is 6.76. The van der Waals surface area contributed by atoms with Crippen LogP contribution in [0.5, 0.6) is 0 Å². The normalized spacial score (nSPS) is 10.8. The van der Waals surface area contributed by atoms with E-state index in [1.807, 2.05) is 22.8 Å². The van der Waals surface area contributed by atoms with Crippen LogP contribution in [0.3, 0.4) is 0 Å². The fourth-order valence-electron chi connectivity index (χ4n) is 1.79. The van der Waals surface area contributed by atoms with Crippen molar-refractivity contribution in [3.63, 3.8) is 0 Å². The van der Waals surface area contributed by atoms with Gasteiger partial charge in [0.05, 0.1) is 18.1 Å². The van der Waals surface area contributed by atoms with E-state index in [1.165, 1.54) is 7.11 Å². The lowest BCUT2D eigenvalue weighted by molar-refractivity contribution is -0.141. The van der Waals surface area contributed by atoms with Gasteiger partial charge in [-0.15, -0.1) is 11.6 Å². The second kappa shape index (κ2) is 5.71. The van der Waals surface area contributed by atoms with Gasteiger partial charge in [0.2, 0.25) is 0 Å². The molecule has 0 saturated carbocycles. The highest BCUT2D eigenvalue weighted by Crippen LogP contribution is 2.21. The highest BCUT2D eigenvalue weighted by atomic mass is 79.9. The molecule has 0 saturated heterocycles. The van der Waals surface area contributed by atoms with Gasteiger partial charge in [-0.1, -0.05) is 15.9 Å². The molecule has 0 aliphatic heterocycles. The number of imidazole rings is 1. The van der Waals surface area contributed by atoms with Crippen LogP contribution < -0.4 is 0 Å². The summed E-state index contributed by atoms with van der Waals surface area (Å²) in [6.45, 7) is 0.148. The molecule has 0 unspecified atom stereocenters. The summed E-state index contributed by atoms with van der Waals surface area (Å²) >= 11 is 9.17. The summed E-state index contributed by atoms with van der Waals surface area (Å²) in [5, 5.41) is 0. The SMILES string of the molecule is COC(=O)Cn1c(CCCl)nc2ccc(Br)cc21. The molecular formula is C12H12BrClN2O2. The minimum absolute atomic E-state index is 0.148. The Kier molecular flexibility index (Phi) is 4.24. The molecule has 0 radical (unpaired) electrons. The lowest BCUT2D eigenvalue weighted by Crippen LogP contribution is -2.14. The molecule has 0 aliphatic rings. The van der Waals surface area contributed by atoms with Crippen LogP contribution in [0.25, 0.3) is 11.0 Å². The molecule has 0 N–H and O–H groups in total. The number of hydrogen-bond donors (Lipinski definition) is 0. The molecule has 1 heterocycles. The molecule has 0 fully saturated rings. The van der Waals surface area contributed by atoms with E-state index < -0.39 is 0 Å². The Morgan fingerprint density at radius 3 is 3.00 bits per heavy atom. The van der Waals surface area contributed by atoms with E-state index in [0.29, 0.717) is 12.3 Å². The predicted molar refractivity (Wildman–Crippen MR) is 73.9 cm³/mol. The summed E-state index contributed by atoms with van der Waals surface area (Å²) < 4.78 is 7.49. The smallest absolute Gasteiger partial charge is 0.325 e. The second-order valence-electron chi connectivity index (χ2n) is 3.76. The van der Waals surface area contributed by atoms with Crippen LogP contribution in [-0.4, -0.2) is 28.5 Å². The molecule has 0 spiro atoms. The number of methoxy groups -OCH3 is 1. The molecule has 6 heteroatoms. The number of aryl methyl sites for hydroxylation is 1. The molecule has 4 nitrogen and oxygen atoms in total. The topological polar surface area (TPSA) is 44.1 Å². The largest absolute Gasteiger partial charge is 0.468 e. The van der Waals surface area contributed by atoms with Crippen molar-refractivity contribution in [3.05, 3.63) is 28.5 Å². The minimum atomic E-state index is -0.301. The summed E-state index contributed by atoms with van der Waals surface area (Å²) in [6.07, 6.45) is 0.616. The van der Waals surface area contributed by atoms with Crippen molar-refractivity contribution in [2.75, 3.05) is 13.0 Å². The van der Waals surface area contributed by atoms with Crippen molar-refractivity contribution in [1.29, 1.82) is 0 Å². The summed E-state index contributed by atoms with van der Waals surface area (Å²) in [7, 11) is 1.37. The molecule has 1 aromatic carbocycles. The number of fused-ring (bicyclic) bond motifs is 1. The lowest BCUT2D eigenvalue weighted by atomic mass is 10.3. The summed E-state index contributed by atoms with van der Waals surface area (Å²) in [5.41, 5.74) is 1.75. The Bertz CT molecular complexity index is 583. The van der Waals surface area contributed by atoms with Crippen molar-refractivity contribution in [3.8, 4) is 0 Å². The minimum Gasteiger partial charge on any atom is -0.468 e. The van der Waals surface area contributed by atoms with E-state index in [1.54, 1.807) is 0 Å². The van der Waals surface area contributed by atoms with Gasteiger partial charge in [0, 0.05) is 16.8 Å². The Morgan fingerprint density at radius 1 is 1.56 bits per heavy atom. The van der Waals surface area contributed by atoms with Gasteiger partial charge in [0.1, 0.15) is 12.4 Å². The number of benzene rings is 1. The number of hydrogen-bond acceptors (Lipinski definition) is 3. The van der Waals surface area contributed by atoms with Crippen molar-refractivity contribution in [2.45, 2.75) is 13.0 Å². The molecule has 0 amide bonds. The maximum Gasteiger partial charge on any atom is 0.325 e. The standard InChI is InChI=1S/C12H12BrClN2O2/c1-18-12(17)7-16-10-6-8(13)2-3-9(10)15-11(16)4-5-14/h2-3,6H,4-5,7H2,1H3. The first-order chi connectivity index (χ1) is 8.65. The van der Waals surface area contributed by atoms with E-state index in [4.69, 9.17) is 16.3 Å². The molecular weight excluding hydrogens is 320 g/mol. The van der Waals surface area contributed by atoms with Gasteiger partial charge in [-0.2, -0.15) is 0 Å². The number of carbonyl (C=O) groups excluding carboxylic acids is 1. The number of carbonyl (C=O) groups is 1. The molecule has 96 valence electrons. The van der Waals surface area contributed by atoms with Crippen molar-refractivity contribution >= 4 is 44.5 Å². The highest BCUT2D eigenvalue weighted by molar-refractivity contribution is 9.10. The van der Waals surface area contributed by atoms with Gasteiger partial charge in [-0.25, -0.2) is 4.98 Å². The third-order valence-corrected chi connectivity index (χ3v) is 3.30. The molecule has 18 heavy (non-hydrogen) atoms. The number of alkyl halides is 1. The third kappa shape index (κ3) is 2.67. The zero-order valence-corrected chi connectivity index (χ0v) is 12.2. The Hall–Kier alpha value is -1.07. The summed E-state index contributed by atoms with van der Waals surface area (Å²) in [6, 6.07) is 5.76. The quantitative estimate of drug-likeness (QED) is 0.639. The Balaban J connectivity index is 2.53. The summed E-state index contributed by atoms with van der Waals surface area (Å²) in [5.74, 6) is 0.958. The molecule has 0 aliphatic carbocycles. The molecule has 0 bridgehead atoms. The monoisotopic (exact) mass is 330 g/mol. The maximum absolute atomic E-state index is 11.4. The van der Waals surface area contributed by atoms with Gasteiger partial charge in [0.25, 0.3) is 0 Å². The van der Waals surface area contributed by atoms with E-state index >= 15 is 0 Å². The van der Waals surface area contributed by atoms with Crippen molar-refractivity contribution in [1.82, 2.24) is 9.55 Å². The van der Waals surface area contributed by atoms with Crippen molar-refractivity contribution < 1.29 is 9.53 Å². The van der Waals surface area contributed by atoms with Gasteiger partial charge in [0.15, 0.2) is 0 Å². The summed E-state index contributed by atoms with van der Waals surface area (Å²) in [4.78, 5) is 15.9. The average molecular weight is 332 g/mol.